The SMILES string of the molecule is CCC(C)(CNC(C)C)CN(C)CCc1ccccc1. The van der Waals surface area contributed by atoms with Crippen molar-refractivity contribution in [1.82, 2.24) is 10.2 Å². The van der Waals surface area contributed by atoms with E-state index < -0.39 is 0 Å². The Labute approximate surface area is 125 Å². The molecule has 0 fully saturated rings. The van der Waals surface area contributed by atoms with Crippen LogP contribution in [0.5, 0.6) is 0 Å². The van der Waals surface area contributed by atoms with Crippen molar-refractivity contribution in [2.45, 2.75) is 46.6 Å². The smallest absolute Gasteiger partial charge is 0.00445 e. The molecule has 114 valence electrons. The van der Waals surface area contributed by atoms with Crippen molar-refractivity contribution in [2.75, 3.05) is 26.7 Å². The molecule has 0 spiro atoms. The van der Waals surface area contributed by atoms with Gasteiger partial charge in [-0.25, -0.2) is 0 Å². The lowest BCUT2D eigenvalue weighted by atomic mass is 9.86. The summed E-state index contributed by atoms with van der Waals surface area (Å²) in [4.78, 5) is 2.47. The van der Waals surface area contributed by atoms with E-state index in [2.05, 4.69) is 75.3 Å². The van der Waals surface area contributed by atoms with E-state index in [0.717, 1.165) is 26.1 Å². The van der Waals surface area contributed by atoms with Gasteiger partial charge in [-0.3, -0.25) is 0 Å². The van der Waals surface area contributed by atoms with Gasteiger partial charge in [-0.15, -0.1) is 0 Å². The first-order valence-corrected chi connectivity index (χ1v) is 7.91. The minimum absolute atomic E-state index is 0.357. The number of likely N-dealkylation sites (N-methyl/N-ethyl adjacent to an activating group) is 1. The van der Waals surface area contributed by atoms with Crippen molar-refractivity contribution in [3.63, 3.8) is 0 Å². The fourth-order valence-corrected chi connectivity index (χ4v) is 2.44. The maximum absolute atomic E-state index is 3.59. The minimum Gasteiger partial charge on any atom is -0.314 e. The fraction of sp³-hybridized carbons (Fsp3) is 0.667. The van der Waals surface area contributed by atoms with E-state index in [9.17, 15) is 0 Å². The van der Waals surface area contributed by atoms with Gasteiger partial charge >= 0.3 is 0 Å². The van der Waals surface area contributed by atoms with Gasteiger partial charge in [0.05, 0.1) is 0 Å². The molecule has 1 rings (SSSR count). The highest BCUT2D eigenvalue weighted by atomic mass is 15.1. The van der Waals surface area contributed by atoms with Crippen LogP contribution >= 0.6 is 0 Å². The van der Waals surface area contributed by atoms with E-state index in [0.29, 0.717) is 11.5 Å². The van der Waals surface area contributed by atoms with Crippen LogP contribution in [-0.2, 0) is 6.42 Å². The van der Waals surface area contributed by atoms with Gasteiger partial charge in [0.2, 0.25) is 0 Å². The van der Waals surface area contributed by atoms with Crippen molar-refractivity contribution in [2.24, 2.45) is 5.41 Å². The van der Waals surface area contributed by atoms with Crippen LogP contribution in [0.3, 0.4) is 0 Å². The molecule has 0 aliphatic rings. The zero-order chi connectivity index (χ0) is 15.0. The number of benzene rings is 1. The Balaban J connectivity index is 2.40. The molecular weight excluding hydrogens is 244 g/mol. The predicted molar refractivity (Wildman–Crippen MR) is 89.2 cm³/mol. The number of hydrogen-bond acceptors (Lipinski definition) is 2. The highest BCUT2D eigenvalue weighted by molar-refractivity contribution is 5.14. The molecule has 0 saturated heterocycles. The zero-order valence-electron chi connectivity index (χ0n) is 13.9. The molecule has 1 N–H and O–H groups in total. The van der Waals surface area contributed by atoms with Gasteiger partial charge in [0, 0.05) is 25.7 Å². The molecule has 20 heavy (non-hydrogen) atoms. The van der Waals surface area contributed by atoms with E-state index in [1.807, 2.05) is 0 Å². The van der Waals surface area contributed by atoms with Crippen LogP contribution in [0.25, 0.3) is 0 Å². The van der Waals surface area contributed by atoms with E-state index in [-0.39, 0.29) is 0 Å². The Morgan fingerprint density at radius 1 is 1.20 bits per heavy atom. The van der Waals surface area contributed by atoms with Gasteiger partial charge in [-0.1, -0.05) is 58.0 Å². The standard InChI is InChI=1S/C18H32N2/c1-6-18(4,14-19-16(2)3)15-20(5)13-12-17-10-8-7-9-11-17/h7-11,16,19H,6,12-15H2,1-5H3. The molecule has 0 bridgehead atoms. The van der Waals surface area contributed by atoms with Gasteiger partial charge < -0.3 is 10.2 Å². The second-order valence-corrected chi connectivity index (χ2v) is 6.67. The molecule has 2 nitrogen and oxygen atoms in total. The maximum Gasteiger partial charge on any atom is 0.00445 e. The maximum atomic E-state index is 3.59. The summed E-state index contributed by atoms with van der Waals surface area (Å²) in [5, 5.41) is 3.59. The summed E-state index contributed by atoms with van der Waals surface area (Å²) in [6.07, 6.45) is 2.34. The number of nitrogens with one attached hydrogen (secondary N) is 1. The third kappa shape index (κ3) is 6.53. The second kappa shape index (κ2) is 8.43. The second-order valence-electron chi connectivity index (χ2n) is 6.67. The monoisotopic (exact) mass is 276 g/mol. The molecule has 0 saturated carbocycles. The first kappa shape index (κ1) is 17.2. The van der Waals surface area contributed by atoms with Gasteiger partial charge in [0.25, 0.3) is 0 Å². The van der Waals surface area contributed by atoms with Crippen LogP contribution < -0.4 is 5.32 Å². The fourth-order valence-electron chi connectivity index (χ4n) is 2.44. The number of nitrogens with zero attached hydrogens (tertiary/aromatic N) is 1. The average Bonchev–Trinajstić information content (AvgIpc) is 2.44. The molecule has 2 heteroatoms. The third-order valence-corrected chi connectivity index (χ3v) is 4.07. The first-order valence-electron chi connectivity index (χ1n) is 7.91. The lowest BCUT2D eigenvalue weighted by Gasteiger charge is -2.34. The molecule has 0 radical (unpaired) electrons. The van der Waals surface area contributed by atoms with Crippen LogP contribution in [0.4, 0.5) is 0 Å². The predicted octanol–water partition coefficient (Wildman–Crippen LogP) is 3.58. The van der Waals surface area contributed by atoms with E-state index in [4.69, 9.17) is 0 Å². The van der Waals surface area contributed by atoms with Crippen LogP contribution in [0, 0.1) is 5.41 Å². The van der Waals surface area contributed by atoms with Crippen molar-refractivity contribution < 1.29 is 0 Å². The van der Waals surface area contributed by atoms with Crippen LogP contribution in [0.15, 0.2) is 30.3 Å². The van der Waals surface area contributed by atoms with Crippen LogP contribution in [-0.4, -0.2) is 37.6 Å². The largest absolute Gasteiger partial charge is 0.314 e. The average molecular weight is 276 g/mol. The Bertz CT molecular complexity index is 361. The first-order chi connectivity index (χ1) is 9.45. The van der Waals surface area contributed by atoms with Crippen molar-refractivity contribution in [3.8, 4) is 0 Å². The Morgan fingerprint density at radius 3 is 2.40 bits per heavy atom. The number of hydrogen-bond donors (Lipinski definition) is 1. The summed E-state index contributed by atoms with van der Waals surface area (Å²) in [5.74, 6) is 0. The lowest BCUT2D eigenvalue weighted by molar-refractivity contribution is 0.178. The van der Waals surface area contributed by atoms with Gasteiger partial charge in [0.1, 0.15) is 0 Å². The minimum atomic E-state index is 0.357. The normalized spacial score (nSPS) is 14.8. The summed E-state index contributed by atoms with van der Waals surface area (Å²) in [5.41, 5.74) is 1.79. The summed E-state index contributed by atoms with van der Waals surface area (Å²) >= 11 is 0. The van der Waals surface area contributed by atoms with Gasteiger partial charge in [0.15, 0.2) is 0 Å². The third-order valence-electron chi connectivity index (χ3n) is 4.07. The summed E-state index contributed by atoms with van der Waals surface area (Å²) < 4.78 is 0. The highest BCUT2D eigenvalue weighted by Crippen LogP contribution is 2.21. The molecule has 0 aliphatic heterocycles. The quantitative estimate of drug-likeness (QED) is 0.741. The topological polar surface area (TPSA) is 15.3 Å². The molecule has 0 heterocycles. The zero-order valence-corrected chi connectivity index (χ0v) is 13.9. The summed E-state index contributed by atoms with van der Waals surface area (Å²) in [6, 6.07) is 11.3. The van der Waals surface area contributed by atoms with Crippen molar-refractivity contribution >= 4 is 0 Å². The van der Waals surface area contributed by atoms with Gasteiger partial charge in [-0.2, -0.15) is 0 Å². The molecule has 1 aromatic carbocycles. The lowest BCUT2D eigenvalue weighted by Crippen LogP contribution is -2.43. The van der Waals surface area contributed by atoms with Crippen LogP contribution in [0.1, 0.15) is 39.7 Å². The molecule has 0 amide bonds. The molecular formula is C18H32N2. The summed E-state index contributed by atoms with van der Waals surface area (Å²) in [6.45, 7) is 12.5. The van der Waals surface area contributed by atoms with E-state index in [1.165, 1.54) is 12.0 Å². The van der Waals surface area contributed by atoms with E-state index in [1.54, 1.807) is 0 Å². The molecule has 0 aliphatic carbocycles. The van der Waals surface area contributed by atoms with Crippen molar-refractivity contribution in [1.29, 1.82) is 0 Å². The molecule has 1 aromatic rings. The molecule has 1 atom stereocenters. The summed E-state index contributed by atoms with van der Waals surface area (Å²) in [7, 11) is 2.24. The highest BCUT2D eigenvalue weighted by Gasteiger charge is 2.23. The Hall–Kier alpha value is -0.860. The van der Waals surface area contributed by atoms with Crippen molar-refractivity contribution in [3.05, 3.63) is 35.9 Å². The van der Waals surface area contributed by atoms with Crippen LogP contribution in [0.2, 0.25) is 0 Å². The van der Waals surface area contributed by atoms with Gasteiger partial charge in [-0.05, 0) is 30.9 Å². The number of rotatable bonds is 9. The Morgan fingerprint density at radius 2 is 1.85 bits per heavy atom. The Kier molecular flexibility index (Phi) is 7.25. The molecule has 1 unspecified atom stereocenters. The van der Waals surface area contributed by atoms with E-state index >= 15 is 0 Å². The molecule has 0 aromatic heterocycles.